The summed E-state index contributed by atoms with van der Waals surface area (Å²) in [6.07, 6.45) is 3.01. The lowest BCUT2D eigenvalue weighted by Gasteiger charge is -2.12. The van der Waals surface area contributed by atoms with Crippen LogP contribution in [0.2, 0.25) is 0 Å². The monoisotopic (exact) mass is 438 g/mol. The van der Waals surface area contributed by atoms with Gasteiger partial charge in [-0.3, -0.25) is 14.2 Å². The number of para-hydroxylation sites is 1. The highest BCUT2D eigenvalue weighted by atomic mass is 32.2. The van der Waals surface area contributed by atoms with Crippen LogP contribution >= 0.6 is 23.1 Å². The molecule has 1 aliphatic rings. The number of thioether (sulfide) groups is 1. The number of thiophene rings is 1. The van der Waals surface area contributed by atoms with Gasteiger partial charge in [0.25, 0.3) is 5.56 Å². The average molecular weight is 439 g/mol. The average Bonchev–Trinajstić information content (AvgIpc) is 3.43. The van der Waals surface area contributed by atoms with Gasteiger partial charge in [-0.15, -0.1) is 11.3 Å². The van der Waals surface area contributed by atoms with Crippen molar-refractivity contribution >= 4 is 45.0 Å². The van der Waals surface area contributed by atoms with E-state index in [1.165, 1.54) is 16.6 Å². The number of nitrogens with one attached hydrogen (secondary N) is 1. The topological polar surface area (TPSA) is 90.0 Å². The van der Waals surface area contributed by atoms with E-state index in [4.69, 9.17) is 9.51 Å². The minimum absolute atomic E-state index is 0.0689. The van der Waals surface area contributed by atoms with Crippen LogP contribution in [0.4, 0.5) is 5.82 Å². The summed E-state index contributed by atoms with van der Waals surface area (Å²) in [7, 11) is 0. The number of nitrogens with zero attached hydrogens (tertiary/aromatic N) is 3. The Balaban J connectivity index is 1.52. The molecule has 0 spiro atoms. The second-order valence-corrected chi connectivity index (χ2v) is 9.09. The highest BCUT2D eigenvalue weighted by Gasteiger charge is 2.24. The van der Waals surface area contributed by atoms with Gasteiger partial charge >= 0.3 is 0 Å². The van der Waals surface area contributed by atoms with Crippen LogP contribution in [-0.4, -0.2) is 26.4 Å². The van der Waals surface area contributed by atoms with E-state index in [0.29, 0.717) is 16.7 Å². The second-order valence-electron chi connectivity index (χ2n) is 7.07. The molecule has 30 heavy (non-hydrogen) atoms. The SMILES string of the molecule is Cc1cc(NC(=O)CSc2nc3sc4c(c3c(=O)n2-c2ccccc2)CCC4)no1. The van der Waals surface area contributed by atoms with Crippen LogP contribution in [0.5, 0.6) is 0 Å². The summed E-state index contributed by atoms with van der Waals surface area (Å²) in [6.45, 7) is 1.76. The molecule has 1 N–H and O–H groups in total. The van der Waals surface area contributed by atoms with Gasteiger partial charge in [0.15, 0.2) is 11.0 Å². The number of fused-ring (bicyclic) bond motifs is 3. The van der Waals surface area contributed by atoms with E-state index in [9.17, 15) is 9.59 Å². The number of hydrogen-bond donors (Lipinski definition) is 1. The number of rotatable bonds is 5. The van der Waals surface area contributed by atoms with Gasteiger partial charge in [0.05, 0.1) is 16.8 Å². The van der Waals surface area contributed by atoms with E-state index in [2.05, 4.69) is 10.5 Å². The van der Waals surface area contributed by atoms with Crippen LogP contribution in [0.3, 0.4) is 0 Å². The maximum Gasteiger partial charge on any atom is 0.267 e. The fourth-order valence-electron chi connectivity index (χ4n) is 3.66. The van der Waals surface area contributed by atoms with Crippen molar-refractivity contribution in [1.29, 1.82) is 0 Å². The highest BCUT2D eigenvalue weighted by molar-refractivity contribution is 7.99. The molecule has 0 unspecified atom stereocenters. The van der Waals surface area contributed by atoms with E-state index in [-0.39, 0.29) is 17.2 Å². The third-order valence-corrected chi connectivity index (χ3v) is 7.07. The molecular weight excluding hydrogens is 420 g/mol. The quantitative estimate of drug-likeness (QED) is 0.375. The molecule has 4 aromatic rings. The molecule has 152 valence electrons. The maximum absolute atomic E-state index is 13.5. The van der Waals surface area contributed by atoms with E-state index in [0.717, 1.165) is 40.7 Å². The lowest BCUT2D eigenvalue weighted by Crippen LogP contribution is -2.23. The molecule has 0 aliphatic heterocycles. The zero-order valence-corrected chi connectivity index (χ0v) is 17.8. The van der Waals surface area contributed by atoms with E-state index >= 15 is 0 Å². The van der Waals surface area contributed by atoms with Gasteiger partial charge in [-0.1, -0.05) is 35.1 Å². The summed E-state index contributed by atoms with van der Waals surface area (Å²) < 4.78 is 6.59. The normalized spacial score (nSPS) is 13.0. The summed E-state index contributed by atoms with van der Waals surface area (Å²) in [5.41, 5.74) is 1.82. The Morgan fingerprint density at radius 1 is 1.30 bits per heavy atom. The number of carbonyl (C=O) groups is 1. The van der Waals surface area contributed by atoms with Gasteiger partial charge in [0.1, 0.15) is 10.6 Å². The van der Waals surface area contributed by atoms with Crippen molar-refractivity contribution in [2.24, 2.45) is 0 Å². The summed E-state index contributed by atoms with van der Waals surface area (Å²) in [5, 5.41) is 7.70. The van der Waals surface area contributed by atoms with Gasteiger partial charge in [0, 0.05) is 10.9 Å². The largest absolute Gasteiger partial charge is 0.360 e. The van der Waals surface area contributed by atoms with Crippen LogP contribution in [0.25, 0.3) is 15.9 Å². The van der Waals surface area contributed by atoms with Crippen LogP contribution < -0.4 is 10.9 Å². The number of aromatic nitrogens is 3. The van der Waals surface area contributed by atoms with Gasteiger partial charge < -0.3 is 9.84 Å². The Bertz CT molecular complexity index is 1310. The molecule has 1 aromatic carbocycles. The van der Waals surface area contributed by atoms with Gasteiger partial charge in [-0.05, 0) is 43.9 Å². The molecule has 0 atom stereocenters. The summed E-state index contributed by atoms with van der Waals surface area (Å²) in [6, 6.07) is 11.1. The van der Waals surface area contributed by atoms with E-state index < -0.39 is 0 Å². The Morgan fingerprint density at radius 3 is 2.90 bits per heavy atom. The van der Waals surface area contributed by atoms with Crippen LogP contribution in [0.1, 0.15) is 22.6 Å². The minimum atomic E-state index is -0.240. The number of amides is 1. The number of aryl methyl sites for hydroxylation is 3. The molecule has 0 fully saturated rings. The van der Waals surface area contributed by atoms with Gasteiger partial charge in [0.2, 0.25) is 5.91 Å². The Labute approximate surface area is 180 Å². The molecule has 0 saturated carbocycles. The van der Waals surface area contributed by atoms with Gasteiger partial charge in [-0.25, -0.2) is 4.98 Å². The second kappa shape index (κ2) is 7.73. The fraction of sp³-hybridized carbons (Fsp3) is 0.238. The van der Waals surface area contributed by atoms with E-state index in [1.807, 2.05) is 30.3 Å². The lowest BCUT2D eigenvalue weighted by atomic mass is 10.2. The predicted molar refractivity (Wildman–Crippen MR) is 118 cm³/mol. The van der Waals surface area contributed by atoms with Crippen molar-refractivity contribution < 1.29 is 9.32 Å². The molecule has 3 heterocycles. The van der Waals surface area contributed by atoms with Crippen LogP contribution in [0.15, 0.2) is 50.9 Å². The van der Waals surface area contributed by atoms with Gasteiger partial charge in [-0.2, -0.15) is 0 Å². The summed E-state index contributed by atoms with van der Waals surface area (Å²) in [4.78, 5) is 32.7. The third-order valence-electron chi connectivity index (χ3n) is 4.95. The standard InChI is InChI=1S/C21H18N4O3S2/c1-12-10-16(24-28-12)22-17(26)11-29-21-23-19-18(14-8-5-9-15(14)30-19)20(27)25(21)13-6-3-2-4-7-13/h2-4,6-7,10H,5,8-9,11H2,1H3,(H,22,24,26). The zero-order chi connectivity index (χ0) is 20.7. The first-order valence-corrected chi connectivity index (χ1v) is 11.4. The first-order valence-electron chi connectivity index (χ1n) is 9.59. The molecule has 1 amide bonds. The number of anilines is 1. The fourth-order valence-corrected chi connectivity index (χ4v) is 5.78. The molecule has 0 radical (unpaired) electrons. The first-order chi connectivity index (χ1) is 14.6. The maximum atomic E-state index is 13.5. The molecular formula is C21H18N4O3S2. The molecule has 3 aromatic heterocycles. The predicted octanol–water partition coefficient (Wildman–Crippen LogP) is 3.96. The summed E-state index contributed by atoms with van der Waals surface area (Å²) in [5.74, 6) is 0.850. The molecule has 1 aliphatic carbocycles. The van der Waals surface area contributed by atoms with Crippen molar-refractivity contribution in [2.45, 2.75) is 31.3 Å². The molecule has 9 heteroatoms. The lowest BCUT2D eigenvalue weighted by molar-refractivity contribution is -0.113. The van der Waals surface area contributed by atoms with Crippen LogP contribution in [0, 0.1) is 6.92 Å². The zero-order valence-electron chi connectivity index (χ0n) is 16.2. The smallest absolute Gasteiger partial charge is 0.267 e. The van der Waals surface area contributed by atoms with Crippen LogP contribution in [-0.2, 0) is 17.6 Å². The third kappa shape index (κ3) is 3.44. The highest BCUT2D eigenvalue weighted by Crippen LogP contribution is 2.36. The Kier molecular flexibility index (Phi) is 4.92. The molecule has 0 saturated heterocycles. The first kappa shape index (κ1) is 19.1. The Hall–Kier alpha value is -2.91. The van der Waals surface area contributed by atoms with Crippen molar-refractivity contribution in [2.75, 3.05) is 11.1 Å². The van der Waals surface area contributed by atoms with Crippen molar-refractivity contribution in [3.05, 3.63) is 63.0 Å². The number of carbonyl (C=O) groups excluding carboxylic acids is 1. The van der Waals surface area contributed by atoms with Crippen molar-refractivity contribution in [1.82, 2.24) is 14.7 Å². The van der Waals surface area contributed by atoms with Crippen molar-refractivity contribution in [3.8, 4) is 5.69 Å². The number of hydrogen-bond acceptors (Lipinski definition) is 7. The molecule has 7 nitrogen and oxygen atoms in total. The molecule has 0 bridgehead atoms. The Morgan fingerprint density at radius 2 is 2.13 bits per heavy atom. The molecule has 5 rings (SSSR count). The van der Waals surface area contributed by atoms with Crippen molar-refractivity contribution in [3.63, 3.8) is 0 Å². The number of benzene rings is 1. The van der Waals surface area contributed by atoms with E-state index in [1.54, 1.807) is 28.9 Å². The summed E-state index contributed by atoms with van der Waals surface area (Å²) >= 11 is 2.83. The minimum Gasteiger partial charge on any atom is -0.360 e.